The van der Waals surface area contributed by atoms with E-state index < -0.39 is 0 Å². The normalized spacial score (nSPS) is 25.2. The van der Waals surface area contributed by atoms with Crippen LogP contribution in [-0.4, -0.2) is 75.9 Å². The standard InChI is InChI=1S/C13H27N3O/c1-15-6-8-16(9-7-15)10-11-17-12-13-2-4-14-5-3-13/h13-14H,2-12H2,1H3. The van der Waals surface area contributed by atoms with Gasteiger partial charge in [0.25, 0.3) is 0 Å². The predicted octanol–water partition coefficient (Wildman–Crippen LogP) is 0.250. The zero-order valence-electron chi connectivity index (χ0n) is 11.2. The van der Waals surface area contributed by atoms with E-state index >= 15 is 0 Å². The van der Waals surface area contributed by atoms with Crippen LogP contribution in [0, 0.1) is 5.92 Å². The minimum absolute atomic E-state index is 0.795. The summed E-state index contributed by atoms with van der Waals surface area (Å²) in [4.78, 5) is 4.91. The molecule has 0 aromatic heterocycles. The van der Waals surface area contributed by atoms with E-state index in [4.69, 9.17) is 4.74 Å². The Bertz CT molecular complexity index is 199. The van der Waals surface area contributed by atoms with Crippen LogP contribution in [0.15, 0.2) is 0 Å². The van der Waals surface area contributed by atoms with E-state index in [9.17, 15) is 0 Å². The van der Waals surface area contributed by atoms with Crippen LogP contribution in [0.1, 0.15) is 12.8 Å². The highest BCUT2D eigenvalue weighted by molar-refractivity contribution is 4.70. The number of piperazine rings is 1. The number of rotatable bonds is 5. The number of ether oxygens (including phenoxy) is 1. The molecule has 0 unspecified atom stereocenters. The molecule has 2 heterocycles. The van der Waals surface area contributed by atoms with E-state index in [2.05, 4.69) is 22.2 Å². The summed E-state index contributed by atoms with van der Waals surface area (Å²) < 4.78 is 5.82. The van der Waals surface area contributed by atoms with Crippen LogP contribution >= 0.6 is 0 Å². The summed E-state index contributed by atoms with van der Waals surface area (Å²) in [5, 5.41) is 3.39. The lowest BCUT2D eigenvalue weighted by atomic mass is 9.99. The molecule has 0 aromatic rings. The molecule has 0 amide bonds. The van der Waals surface area contributed by atoms with Crippen LogP contribution in [-0.2, 0) is 4.74 Å². The molecule has 0 aromatic carbocycles. The summed E-state index contributed by atoms with van der Waals surface area (Å²) in [5.74, 6) is 0.795. The van der Waals surface area contributed by atoms with Crippen molar-refractivity contribution < 1.29 is 4.74 Å². The molecule has 0 saturated carbocycles. The van der Waals surface area contributed by atoms with E-state index in [0.29, 0.717) is 0 Å². The number of piperidine rings is 1. The summed E-state index contributed by atoms with van der Waals surface area (Å²) in [6.45, 7) is 10.1. The van der Waals surface area contributed by atoms with Crippen LogP contribution in [0.5, 0.6) is 0 Å². The maximum Gasteiger partial charge on any atom is 0.0593 e. The van der Waals surface area contributed by atoms with Gasteiger partial charge in [-0.3, -0.25) is 4.90 Å². The Hall–Kier alpha value is -0.160. The summed E-state index contributed by atoms with van der Waals surface area (Å²) in [6, 6.07) is 0. The maximum absolute atomic E-state index is 5.82. The van der Waals surface area contributed by atoms with Crippen molar-refractivity contribution in [2.24, 2.45) is 5.92 Å². The fourth-order valence-electron chi connectivity index (χ4n) is 2.56. The predicted molar refractivity (Wildman–Crippen MR) is 70.3 cm³/mol. The summed E-state index contributed by atoms with van der Waals surface area (Å²) in [7, 11) is 2.20. The smallest absolute Gasteiger partial charge is 0.0593 e. The number of nitrogens with one attached hydrogen (secondary N) is 1. The van der Waals surface area contributed by atoms with Crippen LogP contribution in [0.2, 0.25) is 0 Å². The molecule has 1 N–H and O–H groups in total. The van der Waals surface area contributed by atoms with Gasteiger partial charge in [-0.2, -0.15) is 0 Å². The third-order valence-electron chi connectivity index (χ3n) is 3.96. The number of nitrogens with zero attached hydrogens (tertiary/aromatic N) is 2. The van der Waals surface area contributed by atoms with Crippen LogP contribution in [0.3, 0.4) is 0 Å². The van der Waals surface area contributed by atoms with Gasteiger partial charge >= 0.3 is 0 Å². The van der Waals surface area contributed by atoms with Gasteiger partial charge in [-0.25, -0.2) is 0 Å². The molecule has 17 heavy (non-hydrogen) atoms. The second-order valence-electron chi connectivity index (χ2n) is 5.41. The Labute approximate surface area is 105 Å². The van der Waals surface area contributed by atoms with Gasteiger partial charge in [0, 0.05) is 39.3 Å². The van der Waals surface area contributed by atoms with E-state index in [0.717, 1.165) is 25.7 Å². The first-order valence-corrected chi connectivity index (χ1v) is 7.04. The Morgan fingerprint density at radius 2 is 1.82 bits per heavy atom. The van der Waals surface area contributed by atoms with E-state index in [1.54, 1.807) is 0 Å². The molecule has 0 bridgehead atoms. The van der Waals surface area contributed by atoms with Crippen molar-refractivity contribution in [2.75, 3.05) is 66.1 Å². The summed E-state index contributed by atoms with van der Waals surface area (Å²) in [5.41, 5.74) is 0. The first-order valence-electron chi connectivity index (χ1n) is 7.04. The highest BCUT2D eigenvalue weighted by Crippen LogP contribution is 2.11. The fraction of sp³-hybridized carbons (Fsp3) is 1.00. The topological polar surface area (TPSA) is 27.7 Å². The van der Waals surface area contributed by atoms with Gasteiger partial charge in [0.05, 0.1) is 6.61 Å². The monoisotopic (exact) mass is 241 g/mol. The Morgan fingerprint density at radius 3 is 2.53 bits per heavy atom. The van der Waals surface area contributed by atoms with Crippen LogP contribution < -0.4 is 5.32 Å². The molecule has 0 spiro atoms. The van der Waals surface area contributed by atoms with Crippen molar-refractivity contribution in [3.63, 3.8) is 0 Å². The van der Waals surface area contributed by atoms with Gasteiger partial charge in [-0.05, 0) is 38.9 Å². The fourth-order valence-corrected chi connectivity index (χ4v) is 2.56. The SMILES string of the molecule is CN1CCN(CCOCC2CCNCC2)CC1. The van der Waals surface area contributed by atoms with E-state index in [1.165, 1.54) is 52.1 Å². The van der Waals surface area contributed by atoms with Crippen molar-refractivity contribution in [2.45, 2.75) is 12.8 Å². The first-order chi connectivity index (χ1) is 8.34. The van der Waals surface area contributed by atoms with Crippen molar-refractivity contribution in [1.29, 1.82) is 0 Å². The van der Waals surface area contributed by atoms with Crippen LogP contribution in [0.4, 0.5) is 0 Å². The molecule has 0 radical (unpaired) electrons. The lowest BCUT2D eigenvalue weighted by Crippen LogP contribution is -2.45. The zero-order chi connectivity index (χ0) is 11.9. The first kappa shape index (κ1) is 13.3. The third kappa shape index (κ3) is 4.92. The van der Waals surface area contributed by atoms with Crippen molar-refractivity contribution in [3.8, 4) is 0 Å². The number of hydrogen-bond acceptors (Lipinski definition) is 4. The van der Waals surface area contributed by atoms with Gasteiger partial charge in [0.2, 0.25) is 0 Å². The Balaban J connectivity index is 1.48. The lowest BCUT2D eigenvalue weighted by molar-refractivity contribution is 0.0569. The molecule has 4 nitrogen and oxygen atoms in total. The number of hydrogen-bond donors (Lipinski definition) is 1. The average molecular weight is 241 g/mol. The molecule has 0 atom stereocenters. The van der Waals surface area contributed by atoms with Gasteiger partial charge in [0.1, 0.15) is 0 Å². The van der Waals surface area contributed by atoms with Gasteiger partial charge in [0.15, 0.2) is 0 Å². The summed E-state index contributed by atoms with van der Waals surface area (Å²) in [6.07, 6.45) is 2.57. The zero-order valence-corrected chi connectivity index (χ0v) is 11.2. The highest BCUT2D eigenvalue weighted by atomic mass is 16.5. The van der Waals surface area contributed by atoms with E-state index in [1.807, 2.05) is 0 Å². The molecule has 2 aliphatic heterocycles. The van der Waals surface area contributed by atoms with Gasteiger partial charge < -0.3 is 15.0 Å². The summed E-state index contributed by atoms with van der Waals surface area (Å²) >= 11 is 0. The quantitative estimate of drug-likeness (QED) is 0.698. The van der Waals surface area contributed by atoms with Crippen molar-refractivity contribution >= 4 is 0 Å². The molecule has 2 rings (SSSR count). The molecule has 0 aliphatic carbocycles. The molecule has 2 saturated heterocycles. The van der Waals surface area contributed by atoms with E-state index in [-0.39, 0.29) is 0 Å². The Kier molecular flexibility index (Phi) is 5.71. The highest BCUT2D eigenvalue weighted by Gasteiger charge is 2.15. The molecule has 2 aliphatic rings. The lowest BCUT2D eigenvalue weighted by Gasteiger charge is -2.32. The molecule has 2 fully saturated rings. The molecule has 100 valence electrons. The minimum atomic E-state index is 0.795. The average Bonchev–Trinajstić information content (AvgIpc) is 2.38. The third-order valence-corrected chi connectivity index (χ3v) is 3.96. The molecular formula is C13H27N3O. The Morgan fingerprint density at radius 1 is 1.12 bits per heavy atom. The van der Waals surface area contributed by atoms with Crippen molar-refractivity contribution in [1.82, 2.24) is 15.1 Å². The maximum atomic E-state index is 5.82. The minimum Gasteiger partial charge on any atom is -0.380 e. The molecular weight excluding hydrogens is 214 g/mol. The van der Waals surface area contributed by atoms with Gasteiger partial charge in [-0.15, -0.1) is 0 Å². The second-order valence-corrected chi connectivity index (χ2v) is 5.41. The molecule has 4 heteroatoms. The number of likely N-dealkylation sites (N-methyl/N-ethyl adjacent to an activating group) is 1. The van der Waals surface area contributed by atoms with Crippen molar-refractivity contribution in [3.05, 3.63) is 0 Å². The van der Waals surface area contributed by atoms with Crippen LogP contribution in [0.25, 0.3) is 0 Å². The largest absolute Gasteiger partial charge is 0.380 e. The van der Waals surface area contributed by atoms with Gasteiger partial charge in [-0.1, -0.05) is 0 Å². The second kappa shape index (κ2) is 7.31.